The van der Waals surface area contributed by atoms with Gasteiger partial charge in [-0.25, -0.2) is 0 Å². The Morgan fingerprint density at radius 1 is 0.426 bits per heavy atom. The zero-order valence-electron chi connectivity index (χ0n) is 30.3. The van der Waals surface area contributed by atoms with E-state index in [0.717, 1.165) is 62.7 Å². The van der Waals surface area contributed by atoms with E-state index in [1.807, 2.05) is 6.07 Å². The Morgan fingerprint density at radius 3 is 1.87 bits per heavy atom. The molecule has 5 aliphatic carbocycles. The van der Waals surface area contributed by atoms with Gasteiger partial charge in [0.1, 0.15) is 11.2 Å². The van der Waals surface area contributed by atoms with E-state index in [0.29, 0.717) is 0 Å². The lowest BCUT2D eigenvalue weighted by atomic mass is 9.43. The summed E-state index contributed by atoms with van der Waals surface area (Å²) in [6, 6.07) is 60.6. The predicted molar refractivity (Wildman–Crippen MR) is 223 cm³/mol. The van der Waals surface area contributed by atoms with E-state index in [4.69, 9.17) is 4.42 Å². The molecule has 1 heterocycles. The highest BCUT2D eigenvalue weighted by molar-refractivity contribution is 6.06. The van der Waals surface area contributed by atoms with Crippen LogP contribution in [0.15, 0.2) is 168 Å². The van der Waals surface area contributed by atoms with Gasteiger partial charge in [-0.3, -0.25) is 0 Å². The second kappa shape index (κ2) is 11.6. The van der Waals surface area contributed by atoms with Gasteiger partial charge in [-0.1, -0.05) is 115 Å². The number of nitrogens with zero attached hydrogens (tertiary/aromatic N) is 1. The first kappa shape index (κ1) is 30.6. The molecule has 13 rings (SSSR count). The molecule has 2 heteroatoms. The van der Waals surface area contributed by atoms with Crippen molar-refractivity contribution < 1.29 is 4.42 Å². The minimum Gasteiger partial charge on any atom is -0.456 e. The van der Waals surface area contributed by atoms with Crippen LogP contribution in [0.2, 0.25) is 0 Å². The van der Waals surface area contributed by atoms with E-state index < -0.39 is 0 Å². The summed E-state index contributed by atoms with van der Waals surface area (Å²) in [6.07, 6.45) is 7.09. The Kier molecular flexibility index (Phi) is 6.55. The second-order valence-electron chi connectivity index (χ2n) is 16.5. The zero-order valence-corrected chi connectivity index (χ0v) is 30.3. The average molecular weight is 696 g/mol. The van der Waals surface area contributed by atoms with Crippen LogP contribution in [0.5, 0.6) is 0 Å². The average Bonchev–Trinajstić information content (AvgIpc) is 3.74. The van der Waals surface area contributed by atoms with Crippen LogP contribution in [0.3, 0.4) is 0 Å². The minimum absolute atomic E-state index is 0.169. The van der Waals surface area contributed by atoms with Crippen molar-refractivity contribution in [1.82, 2.24) is 0 Å². The molecule has 54 heavy (non-hydrogen) atoms. The van der Waals surface area contributed by atoms with Gasteiger partial charge in [-0.05, 0) is 137 Å². The summed E-state index contributed by atoms with van der Waals surface area (Å²) in [5.41, 5.74) is 16.4. The number of fused-ring (bicyclic) bond motifs is 6. The van der Waals surface area contributed by atoms with Crippen LogP contribution >= 0.6 is 0 Å². The number of furan rings is 1. The third kappa shape index (κ3) is 4.34. The van der Waals surface area contributed by atoms with Crippen LogP contribution in [0.1, 0.15) is 43.2 Å². The molecule has 7 aromatic carbocycles. The van der Waals surface area contributed by atoms with E-state index in [1.54, 1.807) is 11.1 Å². The molecule has 0 amide bonds. The van der Waals surface area contributed by atoms with E-state index in [1.165, 1.54) is 65.5 Å². The number of hydrogen-bond acceptors (Lipinski definition) is 2. The molecule has 1 spiro atoms. The van der Waals surface area contributed by atoms with Gasteiger partial charge in [0.2, 0.25) is 0 Å². The van der Waals surface area contributed by atoms with Crippen LogP contribution in [0, 0.1) is 23.7 Å². The fourth-order valence-corrected chi connectivity index (χ4v) is 11.9. The van der Waals surface area contributed by atoms with Crippen molar-refractivity contribution in [3.63, 3.8) is 0 Å². The Morgan fingerprint density at radius 2 is 1.06 bits per heavy atom. The third-order valence-electron chi connectivity index (χ3n) is 13.9. The quantitative estimate of drug-likeness (QED) is 0.178. The molecule has 4 saturated carbocycles. The fourth-order valence-electron chi connectivity index (χ4n) is 11.9. The minimum atomic E-state index is 0.169. The fraction of sp³-hybridized carbons (Fsp3) is 0.192. The lowest BCUT2D eigenvalue weighted by Crippen LogP contribution is -2.55. The molecular formula is C52H41NO. The largest absolute Gasteiger partial charge is 0.456 e. The molecule has 0 aliphatic heterocycles. The highest BCUT2D eigenvalue weighted by atomic mass is 16.3. The lowest BCUT2D eigenvalue weighted by Gasteiger charge is -2.61. The van der Waals surface area contributed by atoms with Crippen molar-refractivity contribution in [3.8, 4) is 33.4 Å². The standard InChI is InChI=1S/C52H41NO/c1-2-10-36(11-3-1)42-12-5-8-16-49(42)53(41-23-25-46-45-14-6-9-17-50(45)54-51(46)32-41)40-21-18-35(19-22-40)37-20-24-44-43-13-4-7-15-47(43)52(48(44)31-37)38-27-33-26-34(29-38)30-39(52)28-33/h1-25,31-34,38-39H,26-30H2. The molecule has 4 bridgehead atoms. The van der Waals surface area contributed by atoms with Gasteiger partial charge in [0, 0.05) is 39.2 Å². The third-order valence-corrected chi connectivity index (χ3v) is 13.9. The zero-order chi connectivity index (χ0) is 35.4. The van der Waals surface area contributed by atoms with Gasteiger partial charge in [-0.15, -0.1) is 0 Å². The number of rotatable bonds is 5. The number of benzene rings is 7. The summed E-state index contributed by atoms with van der Waals surface area (Å²) in [5.74, 6) is 3.40. The van der Waals surface area contributed by atoms with Crippen LogP contribution < -0.4 is 4.90 Å². The summed E-state index contributed by atoms with van der Waals surface area (Å²) in [4.78, 5) is 2.39. The molecule has 0 radical (unpaired) electrons. The van der Waals surface area contributed by atoms with E-state index >= 15 is 0 Å². The van der Waals surface area contributed by atoms with Crippen molar-refractivity contribution >= 4 is 39.0 Å². The summed E-state index contributed by atoms with van der Waals surface area (Å²) >= 11 is 0. The van der Waals surface area contributed by atoms with Crippen molar-refractivity contribution in [3.05, 3.63) is 175 Å². The Hall–Kier alpha value is -5.86. The van der Waals surface area contributed by atoms with E-state index in [2.05, 4.69) is 163 Å². The molecule has 0 atom stereocenters. The van der Waals surface area contributed by atoms with Gasteiger partial charge in [0.15, 0.2) is 0 Å². The van der Waals surface area contributed by atoms with Gasteiger partial charge < -0.3 is 9.32 Å². The summed E-state index contributed by atoms with van der Waals surface area (Å²) < 4.78 is 6.42. The van der Waals surface area contributed by atoms with Crippen molar-refractivity contribution in [1.29, 1.82) is 0 Å². The van der Waals surface area contributed by atoms with Crippen LogP contribution in [-0.2, 0) is 5.41 Å². The SMILES string of the molecule is c1ccc(-c2ccccc2N(c2ccc(-c3ccc4c(c3)C3(c5ccccc5-4)C4CC5CC(C4)CC3C5)cc2)c2ccc3c(c2)oc2ccccc23)cc1. The van der Waals surface area contributed by atoms with E-state index in [9.17, 15) is 0 Å². The van der Waals surface area contributed by atoms with Crippen LogP contribution in [0.25, 0.3) is 55.3 Å². The Balaban J connectivity index is 0.984. The maximum absolute atomic E-state index is 6.42. The highest BCUT2D eigenvalue weighted by Gasteiger charge is 2.61. The first-order valence-corrected chi connectivity index (χ1v) is 19.9. The highest BCUT2D eigenvalue weighted by Crippen LogP contribution is 2.69. The molecule has 5 aliphatic rings. The van der Waals surface area contributed by atoms with Gasteiger partial charge >= 0.3 is 0 Å². The van der Waals surface area contributed by atoms with Crippen LogP contribution in [-0.4, -0.2) is 0 Å². The molecule has 1 aromatic heterocycles. The smallest absolute Gasteiger partial charge is 0.137 e. The number of anilines is 3. The molecule has 0 unspecified atom stereocenters. The van der Waals surface area contributed by atoms with Gasteiger partial charge in [-0.2, -0.15) is 0 Å². The second-order valence-corrected chi connectivity index (χ2v) is 16.5. The van der Waals surface area contributed by atoms with E-state index in [-0.39, 0.29) is 5.41 Å². The maximum atomic E-state index is 6.42. The van der Waals surface area contributed by atoms with Gasteiger partial charge in [0.25, 0.3) is 0 Å². The first-order chi connectivity index (χ1) is 26.7. The monoisotopic (exact) mass is 695 g/mol. The molecule has 4 fully saturated rings. The van der Waals surface area contributed by atoms with Crippen molar-refractivity contribution in [2.24, 2.45) is 23.7 Å². The van der Waals surface area contributed by atoms with Gasteiger partial charge in [0.05, 0.1) is 5.69 Å². The summed E-state index contributed by atoms with van der Waals surface area (Å²) in [7, 11) is 0. The molecular weight excluding hydrogens is 655 g/mol. The molecule has 0 N–H and O–H groups in total. The summed E-state index contributed by atoms with van der Waals surface area (Å²) in [6.45, 7) is 0. The topological polar surface area (TPSA) is 16.4 Å². The normalized spacial score (nSPS) is 23.3. The number of para-hydroxylation sites is 2. The number of hydrogen-bond donors (Lipinski definition) is 0. The predicted octanol–water partition coefficient (Wildman–Crippen LogP) is 14.1. The Bertz CT molecular complexity index is 2710. The maximum Gasteiger partial charge on any atom is 0.137 e. The molecule has 260 valence electrons. The van der Waals surface area contributed by atoms with Crippen molar-refractivity contribution in [2.75, 3.05) is 4.90 Å². The van der Waals surface area contributed by atoms with Crippen molar-refractivity contribution in [2.45, 2.75) is 37.5 Å². The Labute approximate surface area is 316 Å². The lowest BCUT2D eigenvalue weighted by molar-refractivity contribution is -0.0399. The molecule has 0 saturated heterocycles. The summed E-state index contributed by atoms with van der Waals surface area (Å²) in [5, 5.41) is 2.28. The van der Waals surface area contributed by atoms with Crippen LogP contribution in [0.4, 0.5) is 17.1 Å². The molecule has 8 aromatic rings. The molecule has 2 nitrogen and oxygen atoms in total. The first-order valence-electron chi connectivity index (χ1n) is 19.9.